The highest BCUT2D eigenvalue weighted by atomic mass is 16.6. The second kappa shape index (κ2) is 9.59. The molecule has 2 heterocycles. The van der Waals surface area contributed by atoms with Crippen LogP contribution >= 0.6 is 0 Å². The number of nitrogens with zero attached hydrogens (tertiary/aromatic N) is 1. The average molecular weight is 439 g/mol. The van der Waals surface area contributed by atoms with Crippen LogP contribution in [0.2, 0.25) is 0 Å². The second-order valence-electron chi connectivity index (χ2n) is 7.54. The van der Waals surface area contributed by atoms with Gasteiger partial charge in [-0.2, -0.15) is 0 Å². The van der Waals surface area contributed by atoms with Crippen molar-refractivity contribution in [3.63, 3.8) is 0 Å². The number of nitrogens with one attached hydrogen (secondary N) is 2. The van der Waals surface area contributed by atoms with Crippen LogP contribution in [0.25, 0.3) is 0 Å². The van der Waals surface area contributed by atoms with Crippen LogP contribution in [-0.2, 0) is 16.0 Å². The highest BCUT2D eigenvalue weighted by Gasteiger charge is 2.37. The van der Waals surface area contributed by atoms with Gasteiger partial charge < -0.3 is 24.8 Å². The topological polar surface area (TPSA) is 106 Å². The molecule has 0 radical (unpaired) electrons. The van der Waals surface area contributed by atoms with Gasteiger partial charge in [-0.15, -0.1) is 0 Å². The van der Waals surface area contributed by atoms with Crippen molar-refractivity contribution >= 4 is 23.5 Å². The van der Waals surface area contributed by atoms with Crippen LogP contribution in [0.3, 0.4) is 0 Å². The predicted octanol–water partition coefficient (Wildman–Crippen LogP) is 2.35. The van der Waals surface area contributed by atoms with Crippen LogP contribution in [0.4, 0.5) is 10.5 Å². The van der Waals surface area contributed by atoms with E-state index in [1.54, 1.807) is 25.3 Å². The van der Waals surface area contributed by atoms with Crippen molar-refractivity contribution in [1.29, 1.82) is 0 Å². The van der Waals surface area contributed by atoms with E-state index in [9.17, 15) is 14.4 Å². The number of rotatable bonds is 8. The number of hydrogen-bond donors (Lipinski definition) is 2. The Morgan fingerprint density at radius 3 is 2.62 bits per heavy atom. The van der Waals surface area contributed by atoms with Gasteiger partial charge in [0.05, 0.1) is 7.11 Å². The first kappa shape index (κ1) is 21.5. The third kappa shape index (κ3) is 4.93. The lowest BCUT2D eigenvalue weighted by molar-refractivity contribution is -0.127. The monoisotopic (exact) mass is 439 g/mol. The molecule has 0 bridgehead atoms. The summed E-state index contributed by atoms with van der Waals surface area (Å²) in [4.78, 5) is 38.4. The fraction of sp³-hybridized carbons (Fsp3) is 0.348. The van der Waals surface area contributed by atoms with Crippen LogP contribution in [0, 0.1) is 0 Å². The van der Waals surface area contributed by atoms with E-state index in [-0.39, 0.29) is 31.2 Å². The number of urea groups is 1. The van der Waals surface area contributed by atoms with Gasteiger partial charge in [-0.1, -0.05) is 12.1 Å². The lowest BCUT2D eigenvalue weighted by Gasteiger charge is -2.19. The molecule has 2 aromatic carbocycles. The highest BCUT2D eigenvalue weighted by Crippen LogP contribution is 2.32. The Balaban J connectivity index is 1.26. The van der Waals surface area contributed by atoms with Crippen LogP contribution in [-0.4, -0.2) is 55.7 Å². The van der Waals surface area contributed by atoms with E-state index >= 15 is 0 Å². The molecule has 2 aliphatic heterocycles. The molecule has 168 valence electrons. The number of anilines is 1. The van der Waals surface area contributed by atoms with Gasteiger partial charge in [0.2, 0.25) is 5.91 Å². The number of carbonyl (C=O) groups is 3. The Kier molecular flexibility index (Phi) is 6.44. The minimum atomic E-state index is -0.704. The molecule has 0 spiro atoms. The van der Waals surface area contributed by atoms with Gasteiger partial charge in [0, 0.05) is 24.7 Å². The highest BCUT2D eigenvalue weighted by molar-refractivity contribution is 6.04. The fourth-order valence-electron chi connectivity index (χ4n) is 3.64. The Morgan fingerprint density at radius 2 is 1.88 bits per heavy atom. The molecule has 1 saturated heterocycles. The van der Waals surface area contributed by atoms with Crippen LogP contribution in [0.15, 0.2) is 42.5 Å². The van der Waals surface area contributed by atoms with Gasteiger partial charge in [-0.3, -0.25) is 14.5 Å². The van der Waals surface area contributed by atoms with E-state index in [2.05, 4.69) is 10.6 Å². The molecular weight excluding hydrogens is 414 g/mol. The summed E-state index contributed by atoms with van der Waals surface area (Å²) in [6.45, 7) is 1.23. The van der Waals surface area contributed by atoms with Gasteiger partial charge in [0.15, 0.2) is 11.5 Å². The first-order chi connectivity index (χ1) is 15.5. The number of ether oxygens (including phenoxy) is 3. The Bertz CT molecular complexity index is 1010. The maximum Gasteiger partial charge on any atom is 0.324 e. The largest absolute Gasteiger partial charge is 0.497 e. The average Bonchev–Trinajstić information content (AvgIpc) is 3.09. The zero-order chi connectivity index (χ0) is 22.5. The molecule has 32 heavy (non-hydrogen) atoms. The molecule has 1 fully saturated rings. The number of hydrogen-bond acceptors (Lipinski definition) is 6. The number of fused-ring (bicyclic) bond motifs is 1. The summed E-state index contributed by atoms with van der Waals surface area (Å²) in [5.74, 6) is 1.41. The predicted molar refractivity (Wildman–Crippen MR) is 116 cm³/mol. The summed E-state index contributed by atoms with van der Waals surface area (Å²) < 4.78 is 16.1. The molecule has 4 rings (SSSR count). The summed E-state index contributed by atoms with van der Waals surface area (Å²) in [5.41, 5.74) is 1.58. The molecule has 9 heteroatoms. The lowest BCUT2D eigenvalue weighted by atomic mass is 10.1. The maximum atomic E-state index is 12.6. The Morgan fingerprint density at radius 1 is 1.12 bits per heavy atom. The third-order valence-corrected chi connectivity index (χ3v) is 5.38. The molecular formula is C23H25N3O6. The van der Waals surface area contributed by atoms with Crippen molar-refractivity contribution < 1.29 is 28.6 Å². The summed E-state index contributed by atoms with van der Waals surface area (Å²) >= 11 is 0. The van der Waals surface area contributed by atoms with Crippen molar-refractivity contribution in [3.8, 4) is 17.2 Å². The SMILES string of the molecule is COc1ccc(CCN2C(=O)N[C@@H](CCC(=O)Nc3ccc4c(c3)OCCO4)C2=O)cc1. The van der Waals surface area contributed by atoms with Gasteiger partial charge in [0.25, 0.3) is 5.91 Å². The van der Waals surface area contributed by atoms with E-state index in [1.807, 2.05) is 24.3 Å². The van der Waals surface area contributed by atoms with Crippen LogP contribution in [0.1, 0.15) is 18.4 Å². The maximum absolute atomic E-state index is 12.6. The minimum Gasteiger partial charge on any atom is -0.497 e. The fourth-order valence-corrected chi connectivity index (χ4v) is 3.64. The first-order valence-corrected chi connectivity index (χ1v) is 10.5. The Labute approximate surface area is 185 Å². The summed E-state index contributed by atoms with van der Waals surface area (Å²) in [7, 11) is 1.60. The molecule has 9 nitrogen and oxygen atoms in total. The van der Waals surface area contributed by atoms with Gasteiger partial charge in [-0.25, -0.2) is 4.79 Å². The van der Waals surface area contributed by atoms with Crippen LogP contribution in [0.5, 0.6) is 17.2 Å². The lowest BCUT2D eigenvalue weighted by Crippen LogP contribution is -2.33. The second-order valence-corrected chi connectivity index (χ2v) is 7.54. The molecule has 1 atom stereocenters. The van der Waals surface area contributed by atoms with Crippen molar-refractivity contribution in [2.45, 2.75) is 25.3 Å². The molecule has 2 aromatic rings. The van der Waals surface area contributed by atoms with E-state index in [1.165, 1.54) is 4.90 Å². The summed E-state index contributed by atoms with van der Waals surface area (Å²) in [6.07, 6.45) is 0.859. The van der Waals surface area contributed by atoms with E-state index in [4.69, 9.17) is 14.2 Å². The van der Waals surface area contributed by atoms with Crippen molar-refractivity contribution in [1.82, 2.24) is 10.2 Å². The zero-order valence-corrected chi connectivity index (χ0v) is 17.8. The molecule has 0 unspecified atom stereocenters. The number of carbonyl (C=O) groups excluding carboxylic acids is 3. The third-order valence-electron chi connectivity index (χ3n) is 5.38. The zero-order valence-electron chi connectivity index (χ0n) is 17.8. The molecule has 2 N–H and O–H groups in total. The quantitative estimate of drug-likeness (QED) is 0.612. The molecule has 0 aromatic heterocycles. The first-order valence-electron chi connectivity index (χ1n) is 10.5. The number of benzene rings is 2. The van der Waals surface area contributed by atoms with E-state index in [0.29, 0.717) is 36.8 Å². The Hall–Kier alpha value is -3.75. The molecule has 2 aliphatic rings. The van der Waals surface area contributed by atoms with Crippen molar-refractivity contribution in [3.05, 3.63) is 48.0 Å². The standard InChI is InChI=1S/C23H25N3O6/c1-30-17-5-2-15(3-6-17)10-11-26-22(28)18(25-23(26)29)7-9-21(27)24-16-4-8-19-20(14-16)32-13-12-31-19/h2-6,8,14,18H,7,9-13H2,1H3,(H,24,27)(H,25,29)/t18-/m0/s1. The van der Waals surface area contributed by atoms with Gasteiger partial charge >= 0.3 is 6.03 Å². The van der Waals surface area contributed by atoms with Crippen molar-refractivity contribution in [2.75, 3.05) is 32.2 Å². The smallest absolute Gasteiger partial charge is 0.324 e. The minimum absolute atomic E-state index is 0.0947. The number of methoxy groups -OCH3 is 1. The van der Waals surface area contributed by atoms with Crippen molar-refractivity contribution in [2.24, 2.45) is 0 Å². The van der Waals surface area contributed by atoms with Gasteiger partial charge in [0.1, 0.15) is 25.0 Å². The van der Waals surface area contributed by atoms with Crippen LogP contribution < -0.4 is 24.8 Å². The van der Waals surface area contributed by atoms with E-state index in [0.717, 1.165) is 11.3 Å². The molecule has 0 saturated carbocycles. The number of amides is 4. The number of imide groups is 1. The summed E-state index contributed by atoms with van der Waals surface area (Å²) in [6, 6.07) is 11.5. The van der Waals surface area contributed by atoms with E-state index < -0.39 is 12.1 Å². The van der Waals surface area contributed by atoms with Gasteiger partial charge in [-0.05, 0) is 42.7 Å². The summed E-state index contributed by atoms with van der Waals surface area (Å²) in [5, 5.41) is 5.46. The normalized spacial score (nSPS) is 17.2. The molecule has 4 amide bonds. The molecule has 0 aliphatic carbocycles.